The highest BCUT2D eigenvalue weighted by molar-refractivity contribution is 5.94. The third-order valence-electron chi connectivity index (χ3n) is 3.53. The summed E-state index contributed by atoms with van der Waals surface area (Å²) in [6.07, 6.45) is 2.78. The predicted octanol–water partition coefficient (Wildman–Crippen LogP) is 1.98. The second kappa shape index (κ2) is 5.29. The highest BCUT2D eigenvalue weighted by Crippen LogP contribution is 2.21. The van der Waals surface area contributed by atoms with Gasteiger partial charge in [-0.15, -0.1) is 0 Å². The van der Waals surface area contributed by atoms with Crippen LogP contribution in [0.3, 0.4) is 0 Å². The summed E-state index contributed by atoms with van der Waals surface area (Å²) >= 11 is 0. The lowest BCUT2D eigenvalue weighted by atomic mass is 9.90. The van der Waals surface area contributed by atoms with Crippen LogP contribution in [-0.4, -0.2) is 40.1 Å². The highest BCUT2D eigenvalue weighted by atomic mass is 16.3. The zero-order valence-electron chi connectivity index (χ0n) is 11.9. The molecule has 1 saturated heterocycles. The van der Waals surface area contributed by atoms with Crippen LogP contribution in [-0.2, 0) is 5.41 Å². The van der Waals surface area contributed by atoms with Crippen LogP contribution in [0.4, 0.5) is 0 Å². The maximum Gasteiger partial charge on any atom is 0.253 e. The van der Waals surface area contributed by atoms with E-state index in [-0.39, 0.29) is 17.4 Å². The quantitative estimate of drug-likeness (QED) is 0.842. The van der Waals surface area contributed by atoms with Crippen LogP contribution < -0.4 is 0 Å². The van der Waals surface area contributed by atoms with Gasteiger partial charge in [0.2, 0.25) is 0 Å². The Hall–Kier alpha value is -1.42. The Labute approximate surface area is 114 Å². The van der Waals surface area contributed by atoms with Crippen LogP contribution in [0.25, 0.3) is 0 Å². The van der Waals surface area contributed by atoms with Crippen LogP contribution in [0.1, 0.15) is 49.7 Å². The molecule has 2 heterocycles. The molecule has 1 fully saturated rings. The van der Waals surface area contributed by atoms with E-state index < -0.39 is 0 Å². The smallest absolute Gasteiger partial charge is 0.253 e. The molecule has 2 rings (SSSR count). The number of piperidine rings is 1. The standard InChI is InChI=1S/C15H22N2O2/c1-15(2,3)13-10-11(4-7-16-13)14(19)17-8-5-12(18)6-9-17/h4,7,10,12,18H,5-6,8-9H2,1-3H3. The van der Waals surface area contributed by atoms with E-state index in [1.54, 1.807) is 12.3 Å². The Kier molecular flexibility index (Phi) is 3.90. The molecular weight excluding hydrogens is 240 g/mol. The summed E-state index contributed by atoms with van der Waals surface area (Å²) in [6, 6.07) is 3.65. The first-order chi connectivity index (χ1) is 8.88. The summed E-state index contributed by atoms with van der Waals surface area (Å²) < 4.78 is 0. The van der Waals surface area contributed by atoms with Gasteiger partial charge in [0.15, 0.2) is 0 Å². The normalized spacial score (nSPS) is 17.6. The van der Waals surface area contributed by atoms with Gasteiger partial charge in [-0.2, -0.15) is 0 Å². The molecule has 1 aromatic heterocycles. The average molecular weight is 262 g/mol. The van der Waals surface area contributed by atoms with E-state index in [9.17, 15) is 9.90 Å². The van der Waals surface area contributed by atoms with Crippen molar-refractivity contribution in [2.75, 3.05) is 13.1 Å². The second-order valence-corrected chi connectivity index (χ2v) is 6.20. The van der Waals surface area contributed by atoms with Crippen molar-refractivity contribution in [2.24, 2.45) is 0 Å². The maximum absolute atomic E-state index is 12.4. The van der Waals surface area contributed by atoms with Crippen LogP contribution in [0.15, 0.2) is 18.3 Å². The largest absolute Gasteiger partial charge is 0.393 e. The number of aliphatic hydroxyl groups is 1. The molecule has 4 heteroatoms. The minimum atomic E-state index is -0.258. The van der Waals surface area contributed by atoms with Gasteiger partial charge >= 0.3 is 0 Å². The third-order valence-corrected chi connectivity index (χ3v) is 3.53. The first-order valence-electron chi connectivity index (χ1n) is 6.82. The van der Waals surface area contributed by atoms with Crippen molar-refractivity contribution in [3.63, 3.8) is 0 Å². The number of hydrogen-bond donors (Lipinski definition) is 1. The second-order valence-electron chi connectivity index (χ2n) is 6.20. The van der Waals surface area contributed by atoms with Gasteiger partial charge in [-0.25, -0.2) is 0 Å². The van der Waals surface area contributed by atoms with Crippen molar-refractivity contribution in [2.45, 2.75) is 45.1 Å². The SMILES string of the molecule is CC(C)(C)c1cc(C(=O)N2CCC(O)CC2)ccn1. The van der Waals surface area contributed by atoms with Crippen molar-refractivity contribution in [1.82, 2.24) is 9.88 Å². The average Bonchev–Trinajstić information content (AvgIpc) is 2.38. The summed E-state index contributed by atoms with van der Waals surface area (Å²) in [7, 11) is 0. The van der Waals surface area contributed by atoms with Gasteiger partial charge in [0.25, 0.3) is 5.91 Å². The van der Waals surface area contributed by atoms with E-state index in [1.165, 1.54) is 0 Å². The first-order valence-corrected chi connectivity index (χ1v) is 6.82. The fourth-order valence-corrected chi connectivity index (χ4v) is 2.23. The number of pyridine rings is 1. The minimum absolute atomic E-state index is 0.0415. The minimum Gasteiger partial charge on any atom is -0.393 e. The molecule has 1 amide bonds. The van der Waals surface area contributed by atoms with E-state index in [1.807, 2.05) is 11.0 Å². The molecule has 0 aliphatic carbocycles. The molecule has 104 valence electrons. The van der Waals surface area contributed by atoms with E-state index in [4.69, 9.17) is 0 Å². The zero-order chi connectivity index (χ0) is 14.0. The molecule has 0 bridgehead atoms. The lowest BCUT2D eigenvalue weighted by molar-refractivity contribution is 0.0546. The van der Waals surface area contributed by atoms with Gasteiger partial charge in [0.1, 0.15) is 0 Å². The molecule has 1 aliphatic heterocycles. The Bertz CT molecular complexity index is 457. The number of rotatable bonds is 1. The molecule has 1 aliphatic rings. The van der Waals surface area contributed by atoms with Gasteiger partial charge in [-0.05, 0) is 25.0 Å². The Morgan fingerprint density at radius 1 is 1.37 bits per heavy atom. The van der Waals surface area contributed by atoms with Gasteiger partial charge in [-0.1, -0.05) is 20.8 Å². The summed E-state index contributed by atoms with van der Waals surface area (Å²) in [5.41, 5.74) is 1.56. The Balaban J connectivity index is 2.15. The van der Waals surface area contributed by atoms with Crippen molar-refractivity contribution in [1.29, 1.82) is 0 Å². The maximum atomic E-state index is 12.4. The molecule has 0 radical (unpaired) electrons. The van der Waals surface area contributed by atoms with Crippen molar-refractivity contribution in [3.05, 3.63) is 29.6 Å². The van der Waals surface area contributed by atoms with E-state index in [2.05, 4.69) is 25.8 Å². The summed E-state index contributed by atoms with van der Waals surface area (Å²) in [6.45, 7) is 7.52. The van der Waals surface area contributed by atoms with Gasteiger partial charge in [0.05, 0.1) is 6.10 Å². The monoisotopic (exact) mass is 262 g/mol. The summed E-state index contributed by atoms with van der Waals surface area (Å²) in [4.78, 5) is 18.6. The van der Waals surface area contributed by atoms with E-state index in [0.29, 0.717) is 31.5 Å². The van der Waals surface area contributed by atoms with E-state index in [0.717, 1.165) is 5.69 Å². The Morgan fingerprint density at radius 2 is 2.00 bits per heavy atom. The van der Waals surface area contributed by atoms with Crippen molar-refractivity contribution in [3.8, 4) is 0 Å². The topological polar surface area (TPSA) is 53.4 Å². The number of nitrogens with zero attached hydrogens (tertiary/aromatic N) is 2. The first kappa shape index (κ1) is 14.0. The molecule has 0 aromatic carbocycles. The number of carbonyl (C=O) groups is 1. The van der Waals surface area contributed by atoms with Crippen LogP contribution in [0.5, 0.6) is 0 Å². The zero-order valence-corrected chi connectivity index (χ0v) is 11.9. The highest BCUT2D eigenvalue weighted by Gasteiger charge is 2.23. The van der Waals surface area contributed by atoms with Crippen LogP contribution >= 0.6 is 0 Å². The van der Waals surface area contributed by atoms with Gasteiger partial charge < -0.3 is 10.0 Å². The molecule has 1 N–H and O–H groups in total. The van der Waals surface area contributed by atoms with Crippen molar-refractivity contribution < 1.29 is 9.90 Å². The number of aromatic nitrogens is 1. The predicted molar refractivity (Wildman–Crippen MR) is 74.1 cm³/mol. The third kappa shape index (κ3) is 3.32. The number of hydrogen-bond acceptors (Lipinski definition) is 3. The van der Waals surface area contributed by atoms with Gasteiger partial charge in [0, 0.05) is 36.0 Å². The molecule has 1 aromatic rings. The molecule has 0 unspecified atom stereocenters. The summed E-state index contributed by atoms with van der Waals surface area (Å²) in [5.74, 6) is 0.0415. The summed E-state index contributed by atoms with van der Waals surface area (Å²) in [5, 5.41) is 9.48. The fraction of sp³-hybridized carbons (Fsp3) is 0.600. The van der Waals surface area contributed by atoms with Crippen molar-refractivity contribution >= 4 is 5.91 Å². The number of amides is 1. The number of carbonyl (C=O) groups excluding carboxylic acids is 1. The molecule has 0 atom stereocenters. The number of aliphatic hydroxyl groups excluding tert-OH is 1. The lowest BCUT2D eigenvalue weighted by Crippen LogP contribution is -2.40. The molecule has 0 saturated carbocycles. The number of likely N-dealkylation sites (tertiary alicyclic amines) is 1. The molecule has 19 heavy (non-hydrogen) atoms. The van der Waals surface area contributed by atoms with Gasteiger partial charge in [-0.3, -0.25) is 9.78 Å². The molecular formula is C15H22N2O2. The van der Waals surface area contributed by atoms with Crippen LogP contribution in [0, 0.1) is 0 Å². The van der Waals surface area contributed by atoms with E-state index >= 15 is 0 Å². The van der Waals surface area contributed by atoms with Crippen LogP contribution in [0.2, 0.25) is 0 Å². The Morgan fingerprint density at radius 3 is 2.58 bits per heavy atom. The molecule has 0 spiro atoms. The fourth-order valence-electron chi connectivity index (χ4n) is 2.23. The lowest BCUT2D eigenvalue weighted by Gasteiger charge is -2.30. The molecule has 4 nitrogen and oxygen atoms in total.